The molecule has 2 N–H and O–H groups in total. The SMILES string of the molecule is O=C1Cc2cc(CC3CCCNC3)cc(Cl)c2N1. The molecule has 3 nitrogen and oxygen atoms in total. The van der Waals surface area contributed by atoms with Gasteiger partial charge in [-0.1, -0.05) is 17.7 Å². The van der Waals surface area contributed by atoms with Crippen molar-refractivity contribution in [1.29, 1.82) is 0 Å². The third-order valence-corrected chi connectivity index (χ3v) is 4.07. The summed E-state index contributed by atoms with van der Waals surface area (Å²) in [6.07, 6.45) is 4.04. The molecule has 1 aromatic rings. The van der Waals surface area contributed by atoms with Crippen molar-refractivity contribution in [2.75, 3.05) is 18.4 Å². The minimum absolute atomic E-state index is 0.0448. The molecule has 0 radical (unpaired) electrons. The summed E-state index contributed by atoms with van der Waals surface area (Å²) in [6, 6.07) is 4.13. The number of fused-ring (bicyclic) bond motifs is 1. The van der Waals surface area contributed by atoms with Gasteiger partial charge in [-0.2, -0.15) is 0 Å². The van der Waals surface area contributed by atoms with Crippen LogP contribution in [-0.2, 0) is 17.6 Å². The molecule has 1 amide bonds. The molecule has 1 unspecified atom stereocenters. The molecule has 1 saturated heterocycles. The zero-order chi connectivity index (χ0) is 12.5. The Kier molecular flexibility index (Phi) is 3.27. The van der Waals surface area contributed by atoms with Gasteiger partial charge in [-0.25, -0.2) is 0 Å². The summed E-state index contributed by atoms with van der Waals surface area (Å²) >= 11 is 6.23. The Morgan fingerprint density at radius 1 is 1.39 bits per heavy atom. The van der Waals surface area contributed by atoms with Crippen molar-refractivity contribution in [3.8, 4) is 0 Å². The van der Waals surface area contributed by atoms with Crippen LogP contribution in [0.5, 0.6) is 0 Å². The molecule has 0 bridgehead atoms. The van der Waals surface area contributed by atoms with Crippen LogP contribution in [-0.4, -0.2) is 19.0 Å². The fourth-order valence-corrected chi connectivity index (χ4v) is 3.22. The van der Waals surface area contributed by atoms with Gasteiger partial charge >= 0.3 is 0 Å². The van der Waals surface area contributed by atoms with Crippen LogP contribution in [0.25, 0.3) is 0 Å². The first-order chi connectivity index (χ1) is 8.72. The van der Waals surface area contributed by atoms with Crippen LogP contribution >= 0.6 is 11.6 Å². The van der Waals surface area contributed by atoms with E-state index < -0.39 is 0 Å². The van der Waals surface area contributed by atoms with Gasteiger partial charge in [0.2, 0.25) is 5.91 Å². The van der Waals surface area contributed by atoms with Gasteiger partial charge in [-0.15, -0.1) is 0 Å². The van der Waals surface area contributed by atoms with Crippen LogP contribution < -0.4 is 10.6 Å². The van der Waals surface area contributed by atoms with Gasteiger partial charge in [0.1, 0.15) is 0 Å². The topological polar surface area (TPSA) is 41.1 Å². The maximum Gasteiger partial charge on any atom is 0.228 e. The number of hydrogen-bond acceptors (Lipinski definition) is 2. The lowest BCUT2D eigenvalue weighted by molar-refractivity contribution is -0.115. The number of carbonyl (C=O) groups is 1. The van der Waals surface area contributed by atoms with Crippen LogP contribution in [0.3, 0.4) is 0 Å². The molecule has 1 atom stereocenters. The molecule has 1 aromatic carbocycles. The number of nitrogens with one attached hydrogen (secondary N) is 2. The maximum atomic E-state index is 11.4. The van der Waals surface area contributed by atoms with Gasteiger partial charge in [0.15, 0.2) is 0 Å². The summed E-state index contributed by atoms with van der Waals surface area (Å²) in [4.78, 5) is 11.4. The summed E-state index contributed by atoms with van der Waals surface area (Å²) in [7, 11) is 0. The van der Waals surface area contributed by atoms with E-state index in [2.05, 4.69) is 16.7 Å². The highest BCUT2D eigenvalue weighted by Gasteiger charge is 2.22. The molecular weight excluding hydrogens is 248 g/mol. The van der Waals surface area contributed by atoms with Crippen molar-refractivity contribution in [3.63, 3.8) is 0 Å². The highest BCUT2D eigenvalue weighted by atomic mass is 35.5. The lowest BCUT2D eigenvalue weighted by atomic mass is 9.91. The highest BCUT2D eigenvalue weighted by Crippen LogP contribution is 2.33. The minimum atomic E-state index is 0.0448. The predicted octanol–water partition coefficient (Wildman–Crippen LogP) is 2.38. The van der Waals surface area contributed by atoms with Crippen LogP contribution in [0.2, 0.25) is 5.02 Å². The monoisotopic (exact) mass is 264 g/mol. The van der Waals surface area contributed by atoms with Crippen LogP contribution in [0.15, 0.2) is 12.1 Å². The number of benzene rings is 1. The van der Waals surface area contributed by atoms with Gasteiger partial charge in [0, 0.05) is 0 Å². The molecule has 1 fully saturated rings. The van der Waals surface area contributed by atoms with Gasteiger partial charge in [0.05, 0.1) is 17.1 Å². The molecule has 0 saturated carbocycles. The second-order valence-electron chi connectivity index (χ2n) is 5.25. The second-order valence-corrected chi connectivity index (χ2v) is 5.66. The first-order valence-electron chi connectivity index (χ1n) is 6.54. The fraction of sp³-hybridized carbons (Fsp3) is 0.500. The third-order valence-electron chi connectivity index (χ3n) is 3.77. The zero-order valence-electron chi connectivity index (χ0n) is 10.3. The molecule has 2 heterocycles. The van der Waals surface area contributed by atoms with Crippen molar-refractivity contribution >= 4 is 23.2 Å². The minimum Gasteiger partial charge on any atom is -0.324 e. The first-order valence-corrected chi connectivity index (χ1v) is 6.92. The van der Waals surface area contributed by atoms with E-state index in [0.717, 1.165) is 30.8 Å². The van der Waals surface area contributed by atoms with Crippen LogP contribution in [0.4, 0.5) is 5.69 Å². The van der Waals surface area contributed by atoms with E-state index in [-0.39, 0.29) is 5.91 Å². The molecule has 96 valence electrons. The molecule has 0 spiro atoms. The van der Waals surface area contributed by atoms with Gasteiger partial charge in [-0.05, 0) is 55.5 Å². The summed E-state index contributed by atoms with van der Waals surface area (Å²) in [5.74, 6) is 0.737. The molecule has 3 rings (SSSR count). The van der Waals surface area contributed by atoms with E-state index >= 15 is 0 Å². The Hall–Kier alpha value is -1.06. The predicted molar refractivity (Wildman–Crippen MR) is 73.1 cm³/mol. The largest absolute Gasteiger partial charge is 0.324 e. The van der Waals surface area contributed by atoms with Crippen molar-refractivity contribution in [2.24, 2.45) is 5.92 Å². The molecule has 4 heteroatoms. The normalized spacial score (nSPS) is 22.7. The molecule has 0 aromatic heterocycles. The summed E-state index contributed by atoms with van der Waals surface area (Å²) in [5.41, 5.74) is 3.11. The average molecular weight is 265 g/mol. The number of amides is 1. The summed E-state index contributed by atoms with van der Waals surface area (Å²) in [6.45, 7) is 2.23. The van der Waals surface area contributed by atoms with E-state index in [1.165, 1.54) is 18.4 Å². The van der Waals surface area contributed by atoms with Crippen molar-refractivity contribution in [1.82, 2.24) is 5.32 Å². The Morgan fingerprint density at radius 2 is 2.28 bits per heavy atom. The molecular formula is C14H17ClN2O. The van der Waals surface area contributed by atoms with Crippen LogP contribution in [0, 0.1) is 5.92 Å². The Bertz CT molecular complexity index is 481. The van der Waals surface area contributed by atoms with E-state index in [4.69, 9.17) is 11.6 Å². The van der Waals surface area contributed by atoms with E-state index in [9.17, 15) is 4.79 Å². The van der Waals surface area contributed by atoms with Gasteiger partial charge < -0.3 is 10.6 Å². The molecule has 18 heavy (non-hydrogen) atoms. The van der Waals surface area contributed by atoms with Crippen molar-refractivity contribution in [3.05, 3.63) is 28.3 Å². The molecule has 0 aliphatic carbocycles. The fourth-order valence-electron chi connectivity index (χ4n) is 2.91. The number of anilines is 1. The lowest BCUT2D eigenvalue weighted by Crippen LogP contribution is -2.30. The van der Waals surface area contributed by atoms with Gasteiger partial charge in [-0.3, -0.25) is 4.79 Å². The lowest BCUT2D eigenvalue weighted by Gasteiger charge is -2.23. The number of piperidine rings is 1. The Balaban J connectivity index is 1.79. The van der Waals surface area contributed by atoms with E-state index in [1.807, 2.05) is 6.07 Å². The van der Waals surface area contributed by atoms with E-state index in [0.29, 0.717) is 17.4 Å². The highest BCUT2D eigenvalue weighted by molar-refractivity contribution is 6.34. The van der Waals surface area contributed by atoms with Crippen LogP contribution in [0.1, 0.15) is 24.0 Å². The van der Waals surface area contributed by atoms with E-state index in [1.54, 1.807) is 0 Å². The number of halogens is 1. The standard InChI is InChI=1S/C14H17ClN2O/c15-12-6-10(4-9-2-1-3-16-8-9)5-11-7-13(18)17-14(11)12/h5-6,9,16H,1-4,7-8H2,(H,17,18). The summed E-state index contributed by atoms with van der Waals surface area (Å²) in [5, 5.41) is 6.92. The average Bonchev–Trinajstić information content (AvgIpc) is 2.72. The van der Waals surface area contributed by atoms with Crippen molar-refractivity contribution < 1.29 is 4.79 Å². The summed E-state index contributed by atoms with van der Waals surface area (Å²) < 4.78 is 0. The Labute approximate surface area is 112 Å². The second kappa shape index (κ2) is 4.90. The number of rotatable bonds is 2. The number of hydrogen-bond donors (Lipinski definition) is 2. The molecule has 2 aliphatic heterocycles. The Morgan fingerprint density at radius 3 is 3.06 bits per heavy atom. The zero-order valence-corrected chi connectivity index (χ0v) is 11.0. The van der Waals surface area contributed by atoms with Gasteiger partial charge in [0.25, 0.3) is 0 Å². The maximum absolute atomic E-state index is 11.4. The molecule has 2 aliphatic rings. The van der Waals surface area contributed by atoms with Crippen molar-refractivity contribution in [2.45, 2.75) is 25.7 Å². The first kappa shape index (κ1) is 12.0. The quantitative estimate of drug-likeness (QED) is 0.861. The number of carbonyl (C=O) groups excluding carboxylic acids is 1. The third kappa shape index (κ3) is 2.38. The smallest absolute Gasteiger partial charge is 0.228 e.